The molecule has 0 aromatic carbocycles. The van der Waals surface area contributed by atoms with E-state index in [1.807, 2.05) is 13.8 Å². The maximum Gasteiger partial charge on any atom is 0.270 e. The number of nitrogen functional groups attached to an aromatic ring is 1. The third-order valence-corrected chi connectivity index (χ3v) is 1.84. The summed E-state index contributed by atoms with van der Waals surface area (Å²) in [5.74, 6) is 0.103. The zero-order valence-electron chi connectivity index (χ0n) is 9.97. The smallest absolute Gasteiger partial charge is 0.270 e. The molecule has 1 rings (SSSR count). The lowest BCUT2D eigenvalue weighted by Gasteiger charge is -2.08. The van der Waals surface area contributed by atoms with Gasteiger partial charge in [-0.2, -0.15) is 0 Å². The van der Waals surface area contributed by atoms with Crippen molar-refractivity contribution in [1.29, 1.82) is 0 Å². The summed E-state index contributed by atoms with van der Waals surface area (Å²) in [6.07, 6.45) is 0.169. The molecule has 1 aromatic rings. The molecule has 5 nitrogen and oxygen atoms in total. The first kappa shape index (κ1) is 15.7. The fourth-order valence-corrected chi connectivity index (χ4v) is 1.13. The highest BCUT2D eigenvalue weighted by Crippen LogP contribution is 1.99. The van der Waals surface area contributed by atoms with Gasteiger partial charge in [0.25, 0.3) is 5.91 Å². The van der Waals surface area contributed by atoms with Gasteiger partial charge < -0.3 is 15.8 Å². The van der Waals surface area contributed by atoms with Crippen molar-refractivity contribution in [3.8, 4) is 0 Å². The van der Waals surface area contributed by atoms with Gasteiger partial charge in [-0.15, -0.1) is 12.4 Å². The molecule has 3 N–H and O–H groups in total. The second-order valence-electron chi connectivity index (χ2n) is 3.62. The van der Waals surface area contributed by atoms with Crippen LogP contribution in [-0.4, -0.2) is 30.1 Å². The van der Waals surface area contributed by atoms with E-state index in [1.165, 1.54) is 0 Å². The van der Waals surface area contributed by atoms with E-state index < -0.39 is 0 Å². The molecule has 0 bridgehead atoms. The van der Waals surface area contributed by atoms with Gasteiger partial charge in [0.05, 0.1) is 12.7 Å². The summed E-state index contributed by atoms with van der Waals surface area (Å²) in [4.78, 5) is 15.5. The summed E-state index contributed by atoms with van der Waals surface area (Å²) in [7, 11) is 0. The average molecular weight is 260 g/mol. The highest BCUT2D eigenvalue weighted by Gasteiger charge is 2.06. The van der Waals surface area contributed by atoms with Gasteiger partial charge in [-0.3, -0.25) is 4.79 Å². The van der Waals surface area contributed by atoms with Gasteiger partial charge in [0.15, 0.2) is 0 Å². The van der Waals surface area contributed by atoms with Gasteiger partial charge in [0, 0.05) is 6.54 Å². The fourth-order valence-electron chi connectivity index (χ4n) is 1.13. The molecule has 17 heavy (non-hydrogen) atoms. The van der Waals surface area contributed by atoms with E-state index in [4.69, 9.17) is 10.5 Å². The third kappa shape index (κ3) is 6.09. The first-order valence-corrected chi connectivity index (χ1v) is 5.22. The van der Waals surface area contributed by atoms with Crippen LogP contribution in [-0.2, 0) is 4.74 Å². The number of halogens is 1. The van der Waals surface area contributed by atoms with E-state index in [2.05, 4.69) is 10.3 Å². The van der Waals surface area contributed by atoms with Crippen molar-refractivity contribution in [3.63, 3.8) is 0 Å². The summed E-state index contributed by atoms with van der Waals surface area (Å²) in [5, 5.41) is 2.70. The fraction of sp³-hybridized carbons (Fsp3) is 0.455. The van der Waals surface area contributed by atoms with Gasteiger partial charge >= 0.3 is 0 Å². The molecule has 0 unspecified atom stereocenters. The summed E-state index contributed by atoms with van der Waals surface area (Å²) < 4.78 is 5.29. The minimum Gasteiger partial charge on any atom is -0.384 e. The number of carbonyl (C=O) groups is 1. The van der Waals surface area contributed by atoms with Crippen LogP contribution in [0.25, 0.3) is 0 Å². The van der Waals surface area contributed by atoms with Crippen molar-refractivity contribution in [3.05, 3.63) is 23.9 Å². The SMILES string of the molecule is CC(C)OCCNC(=O)c1cccc(N)n1.Cl. The molecule has 1 amide bonds. The van der Waals surface area contributed by atoms with Crippen LogP contribution in [0.2, 0.25) is 0 Å². The summed E-state index contributed by atoms with van der Waals surface area (Å²) >= 11 is 0. The molecule has 0 fully saturated rings. The number of pyridine rings is 1. The molecular formula is C11H18ClN3O2. The number of hydrogen-bond acceptors (Lipinski definition) is 4. The number of nitrogens with two attached hydrogens (primary N) is 1. The number of anilines is 1. The summed E-state index contributed by atoms with van der Waals surface area (Å²) in [5.41, 5.74) is 5.80. The van der Waals surface area contributed by atoms with E-state index >= 15 is 0 Å². The number of nitrogens with one attached hydrogen (secondary N) is 1. The Morgan fingerprint density at radius 3 is 2.82 bits per heavy atom. The van der Waals surface area contributed by atoms with Gasteiger partial charge in [-0.1, -0.05) is 6.07 Å². The molecule has 0 atom stereocenters. The number of aromatic nitrogens is 1. The monoisotopic (exact) mass is 259 g/mol. The van der Waals surface area contributed by atoms with E-state index in [0.717, 1.165) is 0 Å². The second kappa shape index (κ2) is 7.86. The maximum atomic E-state index is 11.6. The number of hydrogen-bond donors (Lipinski definition) is 2. The van der Waals surface area contributed by atoms with Gasteiger partial charge in [0.2, 0.25) is 0 Å². The van der Waals surface area contributed by atoms with Crippen LogP contribution in [0.1, 0.15) is 24.3 Å². The molecule has 0 saturated heterocycles. The standard InChI is InChI=1S/C11H17N3O2.ClH/c1-8(2)16-7-6-13-11(15)9-4-3-5-10(12)14-9;/h3-5,8H,6-7H2,1-2H3,(H2,12,14)(H,13,15);1H. The first-order chi connectivity index (χ1) is 7.59. The van der Waals surface area contributed by atoms with Gasteiger partial charge in [-0.05, 0) is 26.0 Å². The lowest BCUT2D eigenvalue weighted by molar-refractivity contribution is 0.0745. The number of carbonyl (C=O) groups excluding carboxylic acids is 1. The molecule has 0 radical (unpaired) electrons. The van der Waals surface area contributed by atoms with Crippen molar-refractivity contribution in [2.75, 3.05) is 18.9 Å². The van der Waals surface area contributed by atoms with Crippen molar-refractivity contribution >= 4 is 24.1 Å². The van der Waals surface area contributed by atoms with Crippen molar-refractivity contribution in [2.24, 2.45) is 0 Å². The summed E-state index contributed by atoms with van der Waals surface area (Å²) in [6.45, 7) is 4.85. The normalized spacial score (nSPS) is 9.82. The molecule has 0 aliphatic carbocycles. The van der Waals surface area contributed by atoms with Gasteiger partial charge in [0.1, 0.15) is 11.5 Å². The second-order valence-corrected chi connectivity index (χ2v) is 3.62. The van der Waals surface area contributed by atoms with Crippen LogP contribution in [0.4, 0.5) is 5.82 Å². The molecule has 96 valence electrons. The molecule has 0 spiro atoms. The molecule has 1 heterocycles. The van der Waals surface area contributed by atoms with Crippen LogP contribution in [0.3, 0.4) is 0 Å². The van der Waals surface area contributed by atoms with Gasteiger partial charge in [-0.25, -0.2) is 4.98 Å². The van der Waals surface area contributed by atoms with Crippen LogP contribution >= 0.6 is 12.4 Å². The largest absolute Gasteiger partial charge is 0.384 e. The highest BCUT2D eigenvalue weighted by molar-refractivity contribution is 5.92. The third-order valence-electron chi connectivity index (χ3n) is 1.84. The molecule has 6 heteroatoms. The molecule has 0 aliphatic heterocycles. The zero-order valence-corrected chi connectivity index (χ0v) is 10.8. The van der Waals surface area contributed by atoms with Crippen molar-refractivity contribution in [2.45, 2.75) is 20.0 Å². The Bertz CT molecular complexity index is 358. The van der Waals surface area contributed by atoms with Crippen molar-refractivity contribution < 1.29 is 9.53 Å². The Labute approximate surface area is 107 Å². The lowest BCUT2D eigenvalue weighted by atomic mass is 10.3. The van der Waals surface area contributed by atoms with Crippen LogP contribution < -0.4 is 11.1 Å². The van der Waals surface area contributed by atoms with E-state index in [-0.39, 0.29) is 24.4 Å². The molecular weight excluding hydrogens is 242 g/mol. The van der Waals surface area contributed by atoms with Crippen LogP contribution in [0.5, 0.6) is 0 Å². The minimum atomic E-state index is -0.236. The van der Waals surface area contributed by atoms with E-state index in [1.54, 1.807) is 18.2 Å². The number of nitrogens with zero attached hydrogens (tertiary/aromatic N) is 1. The topological polar surface area (TPSA) is 77.2 Å². The molecule has 1 aromatic heterocycles. The quantitative estimate of drug-likeness (QED) is 0.780. The number of ether oxygens (including phenoxy) is 1. The predicted molar refractivity (Wildman–Crippen MR) is 69.3 cm³/mol. The van der Waals surface area contributed by atoms with Crippen molar-refractivity contribution in [1.82, 2.24) is 10.3 Å². The Balaban J connectivity index is 0.00000256. The van der Waals surface area contributed by atoms with E-state index in [0.29, 0.717) is 24.7 Å². The number of amides is 1. The van der Waals surface area contributed by atoms with Crippen LogP contribution in [0, 0.1) is 0 Å². The Hall–Kier alpha value is -1.33. The highest BCUT2D eigenvalue weighted by atomic mass is 35.5. The lowest BCUT2D eigenvalue weighted by Crippen LogP contribution is -2.28. The maximum absolute atomic E-state index is 11.6. The Kier molecular flexibility index (Phi) is 7.25. The van der Waals surface area contributed by atoms with E-state index in [9.17, 15) is 4.79 Å². The number of rotatable bonds is 5. The average Bonchev–Trinajstić information content (AvgIpc) is 2.24. The minimum absolute atomic E-state index is 0. The molecule has 0 saturated carbocycles. The van der Waals surface area contributed by atoms with Crippen LogP contribution in [0.15, 0.2) is 18.2 Å². The zero-order chi connectivity index (χ0) is 12.0. The first-order valence-electron chi connectivity index (χ1n) is 5.22. The Morgan fingerprint density at radius 2 is 2.24 bits per heavy atom. The predicted octanol–water partition coefficient (Wildman–Crippen LogP) is 1.24. The Morgan fingerprint density at radius 1 is 1.53 bits per heavy atom. The molecule has 0 aliphatic rings. The summed E-state index contributed by atoms with van der Waals surface area (Å²) in [6, 6.07) is 4.95.